The van der Waals surface area contributed by atoms with Gasteiger partial charge < -0.3 is 0 Å². The van der Waals surface area contributed by atoms with Gasteiger partial charge in [-0.2, -0.15) is 0 Å². The van der Waals surface area contributed by atoms with Crippen LogP contribution in [0.5, 0.6) is 0 Å². The zero-order valence-corrected chi connectivity index (χ0v) is 11.9. The molecule has 1 aromatic rings. The van der Waals surface area contributed by atoms with Crippen LogP contribution in [0.3, 0.4) is 0 Å². The minimum Gasteiger partial charge on any atom is -0.258 e. The highest BCUT2D eigenvalue weighted by atomic mass is 31.1. The molecule has 0 spiro atoms. The summed E-state index contributed by atoms with van der Waals surface area (Å²) in [6.07, 6.45) is 4.99. The standard InChI is InChI=1S/C14H22NP/c1-5-11-12(6-2)15-9(3)13(10-7-8-10)14(11)16-4/h10,16H,5-8H2,1-4H3. The molecule has 0 saturated heterocycles. The molecule has 0 radical (unpaired) electrons. The van der Waals surface area contributed by atoms with Crippen LogP contribution in [0.15, 0.2) is 0 Å². The van der Waals surface area contributed by atoms with Gasteiger partial charge in [0, 0.05) is 11.4 Å². The Morgan fingerprint density at radius 1 is 1.25 bits per heavy atom. The first kappa shape index (κ1) is 12.0. The van der Waals surface area contributed by atoms with Crippen LogP contribution in [0.2, 0.25) is 0 Å². The molecular formula is C14H22NP. The molecule has 1 atom stereocenters. The van der Waals surface area contributed by atoms with Gasteiger partial charge in [0.05, 0.1) is 0 Å². The summed E-state index contributed by atoms with van der Waals surface area (Å²) in [5.74, 6) is 0.839. The number of pyridine rings is 1. The first-order valence-electron chi connectivity index (χ1n) is 6.42. The van der Waals surface area contributed by atoms with E-state index in [0.29, 0.717) is 0 Å². The number of aromatic nitrogens is 1. The minimum atomic E-state index is 0.839. The third-order valence-electron chi connectivity index (χ3n) is 3.54. The van der Waals surface area contributed by atoms with Crippen LogP contribution >= 0.6 is 8.58 Å². The van der Waals surface area contributed by atoms with Gasteiger partial charge in [-0.05, 0) is 61.6 Å². The summed E-state index contributed by atoms with van der Waals surface area (Å²) in [5, 5.41) is 1.65. The van der Waals surface area contributed by atoms with Crippen molar-refractivity contribution in [2.24, 2.45) is 0 Å². The summed E-state index contributed by atoms with van der Waals surface area (Å²) in [6.45, 7) is 9.02. The summed E-state index contributed by atoms with van der Waals surface area (Å²) in [6, 6.07) is 0. The van der Waals surface area contributed by atoms with E-state index in [2.05, 4.69) is 27.4 Å². The van der Waals surface area contributed by atoms with Crippen molar-refractivity contribution in [2.45, 2.75) is 52.4 Å². The van der Waals surface area contributed by atoms with E-state index in [-0.39, 0.29) is 0 Å². The lowest BCUT2D eigenvalue weighted by molar-refractivity contribution is 0.925. The molecule has 2 rings (SSSR count). The number of hydrogen-bond acceptors (Lipinski definition) is 1. The maximum Gasteiger partial charge on any atom is 0.0442 e. The Morgan fingerprint density at radius 3 is 2.38 bits per heavy atom. The third-order valence-corrected chi connectivity index (χ3v) is 4.61. The van der Waals surface area contributed by atoms with E-state index >= 15 is 0 Å². The van der Waals surface area contributed by atoms with E-state index in [0.717, 1.165) is 27.3 Å². The highest BCUT2D eigenvalue weighted by Crippen LogP contribution is 2.42. The van der Waals surface area contributed by atoms with Crippen LogP contribution in [0.25, 0.3) is 0 Å². The van der Waals surface area contributed by atoms with Gasteiger partial charge in [0.1, 0.15) is 0 Å². The molecular weight excluding hydrogens is 213 g/mol. The van der Waals surface area contributed by atoms with Gasteiger partial charge in [0.15, 0.2) is 0 Å². The largest absolute Gasteiger partial charge is 0.258 e. The van der Waals surface area contributed by atoms with Crippen molar-refractivity contribution in [1.82, 2.24) is 4.98 Å². The van der Waals surface area contributed by atoms with E-state index < -0.39 is 0 Å². The molecule has 0 amide bonds. The lowest BCUT2D eigenvalue weighted by Crippen LogP contribution is -2.17. The van der Waals surface area contributed by atoms with Gasteiger partial charge in [0.2, 0.25) is 0 Å². The molecule has 1 aliphatic rings. The quantitative estimate of drug-likeness (QED) is 0.729. The fourth-order valence-corrected chi connectivity index (χ4v) is 3.93. The fraction of sp³-hybridized carbons (Fsp3) is 0.643. The second-order valence-electron chi connectivity index (χ2n) is 4.64. The summed E-state index contributed by atoms with van der Waals surface area (Å²) in [5.41, 5.74) is 5.81. The highest BCUT2D eigenvalue weighted by Gasteiger charge is 2.29. The normalized spacial score (nSPS) is 16.2. The Balaban J connectivity index is 2.60. The molecule has 1 aliphatic carbocycles. The average Bonchev–Trinajstić information content (AvgIpc) is 3.11. The molecule has 2 heteroatoms. The zero-order chi connectivity index (χ0) is 11.7. The molecule has 0 bridgehead atoms. The van der Waals surface area contributed by atoms with Crippen LogP contribution in [0.1, 0.15) is 55.1 Å². The highest BCUT2D eigenvalue weighted by molar-refractivity contribution is 7.46. The SMILES string of the molecule is CCc1nc(C)c(C2CC2)c(PC)c1CC. The Kier molecular flexibility index (Phi) is 3.64. The second kappa shape index (κ2) is 4.84. The van der Waals surface area contributed by atoms with Crippen molar-refractivity contribution in [2.75, 3.05) is 6.66 Å². The molecule has 88 valence electrons. The average molecular weight is 235 g/mol. The van der Waals surface area contributed by atoms with Gasteiger partial charge >= 0.3 is 0 Å². The van der Waals surface area contributed by atoms with Crippen molar-refractivity contribution in [3.05, 3.63) is 22.5 Å². The topological polar surface area (TPSA) is 12.9 Å². The molecule has 1 heterocycles. The molecule has 1 saturated carbocycles. The molecule has 1 fully saturated rings. The molecule has 1 aromatic heterocycles. The smallest absolute Gasteiger partial charge is 0.0442 e. The predicted octanol–water partition coefficient (Wildman–Crippen LogP) is 3.33. The van der Waals surface area contributed by atoms with Crippen molar-refractivity contribution >= 4 is 13.9 Å². The first-order chi connectivity index (χ1) is 7.72. The Morgan fingerprint density at radius 2 is 1.94 bits per heavy atom. The van der Waals surface area contributed by atoms with Crippen molar-refractivity contribution < 1.29 is 0 Å². The monoisotopic (exact) mass is 235 g/mol. The van der Waals surface area contributed by atoms with Gasteiger partial charge in [-0.15, -0.1) is 0 Å². The van der Waals surface area contributed by atoms with Crippen LogP contribution in [-0.4, -0.2) is 11.6 Å². The lowest BCUT2D eigenvalue weighted by atomic mass is 10.0. The maximum atomic E-state index is 4.84. The molecule has 16 heavy (non-hydrogen) atoms. The van der Waals surface area contributed by atoms with Crippen molar-refractivity contribution in [1.29, 1.82) is 0 Å². The van der Waals surface area contributed by atoms with Crippen LogP contribution in [-0.2, 0) is 12.8 Å². The molecule has 0 N–H and O–H groups in total. The summed E-state index contributed by atoms with van der Waals surface area (Å²) in [4.78, 5) is 4.84. The van der Waals surface area contributed by atoms with E-state index in [1.807, 2.05) is 0 Å². The number of hydrogen-bond donors (Lipinski definition) is 0. The van der Waals surface area contributed by atoms with E-state index in [1.54, 1.807) is 16.4 Å². The Bertz CT molecular complexity index is 394. The van der Waals surface area contributed by atoms with Gasteiger partial charge in [-0.25, -0.2) is 0 Å². The van der Waals surface area contributed by atoms with Crippen molar-refractivity contribution in [3.63, 3.8) is 0 Å². The van der Waals surface area contributed by atoms with E-state index in [9.17, 15) is 0 Å². The van der Waals surface area contributed by atoms with E-state index in [1.165, 1.54) is 24.2 Å². The number of aryl methyl sites for hydroxylation is 2. The third kappa shape index (κ3) is 2.02. The second-order valence-corrected chi connectivity index (χ2v) is 5.64. The van der Waals surface area contributed by atoms with Crippen molar-refractivity contribution in [3.8, 4) is 0 Å². The Hall–Kier alpha value is -0.420. The fourth-order valence-electron chi connectivity index (χ4n) is 2.65. The minimum absolute atomic E-state index is 0.839. The van der Waals surface area contributed by atoms with Gasteiger partial charge in [0.25, 0.3) is 0 Å². The summed E-state index contributed by atoms with van der Waals surface area (Å²) in [7, 11) is 0.923. The lowest BCUT2D eigenvalue weighted by Gasteiger charge is -2.18. The molecule has 0 aliphatic heterocycles. The molecule has 1 nitrogen and oxygen atoms in total. The van der Waals surface area contributed by atoms with Crippen LogP contribution < -0.4 is 5.30 Å². The summed E-state index contributed by atoms with van der Waals surface area (Å²) < 4.78 is 0. The van der Waals surface area contributed by atoms with Gasteiger partial charge in [-0.1, -0.05) is 22.4 Å². The predicted molar refractivity (Wildman–Crippen MR) is 73.6 cm³/mol. The summed E-state index contributed by atoms with van der Waals surface area (Å²) >= 11 is 0. The van der Waals surface area contributed by atoms with Crippen LogP contribution in [0, 0.1) is 6.92 Å². The van der Waals surface area contributed by atoms with Gasteiger partial charge in [-0.3, -0.25) is 4.98 Å². The number of rotatable bonds is 4. The maximum absolute atomic E-state index is 4.84. The number of nitrogens with zero attached hydrogens (tertiary/aromatic N) is 1. The Labute approximate surface area is 101 Å². The van der Waals surface area contributed by atoms with E-state index in [4.69, 9.17) is 4.98 Å². The molecule has 0 aromatic carbocycles. The van der Waals surface area contributed by atoms with Crippen LogP contribution in [0.4, 0.5) is 0 Å². The zero-order valence-electron chi connectivity index (χ0n) is 10.9. The molecule has 1 unspecified atom stereocenters. The first-order valence-corrected chi connectivity index (χ1v) is 7.92.